The summed E-state index contributed by atoms with van der Waals surface area (Å²) in [6, 6.07) is 11.9. The van der Waals surface area contributed by atoms with Gasteiger partial charge < -0.3 is 9.42 Å². The molecule has 1 aromatic heterocycles. The largest absolute Gasteiger partial charge is 0.334 e. The number of rotatable bonds is 3. The number of carbonyl (C=O) groups is 1. The third kappa shape index (κ3) is 2.98. The van der Waals surface area contributed by atoms with Crippen LogP contribution in [-0.4, -0.2) is 22.6 Å². The maximum absolute atomic E-state index is 13.1. The number of amides is 1. The van der Waals surface area contributed by atoms with Gasteiger partial charge in [-0.1, -0.05) is 11.2 Å². The molecule has 132 valence electrons. The molecule has 0 saturated carbocycles. The van der Waals surface area contributed by atoms with E-state index in [9.17, 15) is 9.18 Å². The molecule has 0 N–H and O–H groups in total. The highest BCUT2D eigenvalue weighted by Gasteiger charge is 2.34. The zero-order chi connectivity index (χ0) is 18.3. The van der Waals surface area contributed by atoms with Crippen LogP contribution in [0.15, 0.2) is 47.0 Å². The Morgan fingerprint density at radius 1 is 1.12 bits per heavy atom. The van der Waals surface area contributed by atoms with Gasteiger partial charge >= 0.3 is 0 Å². The van der Waals surface area contributed by atoms with Gasteiger partial charge in [0.15, 0.2) is 5.82 Å². The van der Waals surface area contributed by atoms with Gasteiger partial charge in [0.2, 0.25) is 5.91 Å². The molecule has 0 radical (unpaired) electrons. The molecule has 1 atom stereocenters. The van der Waals surface area contributed by atoms with E-state index in [1.165, 1.54) is 17.7 Å². The van der Waals surface area contributed by atoms with Gasteiger partial charge in [-0.3, -0.25) is 4.79 Å². The number of aryl methyl sites for hydroxylation is 2. The number of aromatic nitrogens is 2. The Hall–Kier alpha value is -3.02. The molecule has 0 spiro atoms. The highest BCUT2D eigenvalue weighted by atomic mass is 19.1. The van der Waals surface area contributed by atoms with Gasteiger partial charge in [-0.15, -0.1) is 0 Å². The molecule has 1 saturated heterocycles. The molecule has 6 heteroatoms. The lowest BCUT2D eigenvalue weighted by Crippen LogP contribution is -2.24. The zero-order valence-electron chi connectivity index (χ0n) is 14.6. The molecule has 2 aromatic carbocycles. The third-order valence-corrected chi connectivity index (χ3v) is 4.82. The van der Waals surface area contributed by atoms with Crippen molar-refractivity contribution in [2.24, 2.45) is 0 Å². The summed E-state index contributed by atoms with van der Waals surface area (Å²) >= 11 is 0. The number of carbonyl (C=O) groups excluding carboxylic acids is 1. The van der Waals surface area contributed by atoms with E-state index in [4.69, 9.17) is 4.52 Å². The van der Waals surface area contributed by atoms with E-state index < -0.39 is 0 Å². The Morgan fingerprint density at radius 2 is 1.88 bits per heavy atom. The van der Waals surface area contributed by atoms with Crippen LogP contribution in [0.5, 0.6) is 0 Å². The summed E-state index contributed by atoms with van der Waals surface area (Å²) < 4.78 is 18.5. The smallest absolute Gasteiger partial charge is 0.257 e. The van der Waals surface area contributed by atoms with Gasteiger partial charge in [0.25, 0.3) is 5.89 Å². The fourth-order valence-corrected chi connectivity index (χ4v) is 3.14. The first-order chi connectivity index (χ1) is 12.5. The van der Waals surface area contributed by atoms with E-state index in [0.717, 1.165) is 11.1 Å². The molecule has 1 aliphatic heterocycles. The summed E-state index contributed by atoms with van der Waals surface area (Å²) in [5, 5.41) is 4.08. The molecule has 0 unspecified atom stereocenters. The first-order valence-electron chi connectivity index (χ1n) is 8.48. The lowest BCUT2D eigenvalue weighted by molar-refractivity contribution is -0.117. The van der Waals surface area contributed by atoms with Gasteiger partial charge in [-0.05, 0) is 61.4 Å². The van der Waals surface area contributed by atoms with Crippen LogP contribution in [0.25, 0.3) is 11.5 Å². The summed E-state index contributed by atoms with van der Waals surface area (Å²) in [5.41, 5.74) is 3.90. The maximum Gasteiger partial charge on any atom is 0.257 e. The molecule has 1 fully saturated rings. The molecule has 26 heavy (non-hydrogen) atoms. The second-order valence-electron chi connectivity index (χ2n) is 6.64. The average Bonchev–Trinajstić information content (AvgIpc) is 3.25. The normalized spacial score (nSPS) is 17.1. The number of hydrogen-bond acceptors (Lipinski definition) is 4. The van der Waals surface area contributed by atoms with Crippen LogP contribution < -0.4 is 4.90 Å². The Bertz CT molecular complexity index is 965. The quantitative estimate of drug-likeness (QED) is 0.715. The van der Waals surface area contributed by atoms with Crippen molar-refractivity contribution >= 4 is 11.6 Å². The standard InChI is InChI=1S/C20H18FN3O2/c1-12-3-4-14(9-13(12)2)20-22-19(23-26-20)15-10-18(25)24(11-15)17-7-5-16(21)6-8-17/h3-9,15H,10-11H2,1-2H3/t15-/m0/s1. The Kier molecular flexibility index (Phi) is 4.03. The van der Waals surface area contributed by atoms with Crippen LogP contribution in [0.1, 0.15) is 29.3 Å². The van der Waals surface area contributed by atoms with Crippen molar-refractivity contribution in [1.82, 2.24) is 10.1 Å². The van der Waals surface area contributed by atoms with Crippen LogP contribution >= 0.6 is 0 Å². The number of halogens is 1. The van der Waals surface area contributed by atoms with Gasteiger partial charge in [0, 0.05) is 30.1 Å². The van der Waals surface area contributed by atoms with Crippen molar-refractivity contribution in [2.75, 3.05) is 11.4 Å². The van der Waals surface area contributed by atoms with Gasteiger partial charge in [0.1, 0.15) is 5.82 Å². The van der Waals surface area contributed by atoms with E-state index in [1.54, 1.807) is 17.0 Å². The van der Waals surface area contributed by atoms with Crippen molar-refractivity contribution in [2.45, 2.75) is 26.2 Å². The molecule has 4 rings (SSSR count). The van der Waals surface area contributed by atoms with E-state index in [0.29, 0.717) is 30.4 Å². The summed E-state index contributed by atoms with van der Waals surface area (Å²) in [4.78, 5) is 18.5. The van der Waals surface area contributed by atoms with Crippen molar-refractivity contribution in [3.8, 4) is 11.5 Å². The fourth-order valence-electron chi connectivity index (χ4n) is 3.14. The van der Waals surface area contributed by atoms with E-state index in [2.05, 4.69) is 10.1 Å². The molecule has 0 aliphatic carbocycles. The van der Waals surface area contributed by atoms with Gasteiger partial charge in [-0.2, -0.15) is 4.98 Å². The van der Waals surface area contributed by atoms with Crippen molar-refractivity contribution in [1.29, 1.82) is 0 Å². The van der Waals surface area contributed by atoms with Crippen molar-refractivity contribution in [3.63, 3.8) is 0 Å². The predicted molar refractivity (Wildman–Crippen MR) is 95.3 cm³/mol. The van der Waals surface area contributed by atoms with Crippen LogP contribution in [0.3, 0.4) is 0 Å². The minimum atomic E-state index is -0.326. The lowest BCUT2D eigenvalue weighted by Gasteiger charge is -2.15. The first kappa shape index (κ1) is 16.4. The second kappa shape index (κ2) is 6.37. The number of nitrogens with zero attached hydrogens (tertiary/aromatic N) is 3. The van der Waals surface area contributed by atoms with E-state index in [-0.39, 0.29) is 17.6 Å². The maximum atomic E-state index is 13.1. The monoisotopic (exact) mass is 351 g/mol. The number of benzene rings is 2. The predicted octanol–water partition coefficient (Wildman–Crippen LogP) is 4.01. The van der Waals surface area contributed by atoms with Crippen molar-refractivity contribution < 1.29 is 13.7 Å². The Balaban J connectivity index is 1.55. The molecular weight excluding hydrogens is 333 g/mol. The zero-order valence-corrected chi connectivity index (χ0v) is 14.6. The third-order valence-electron chi connectivity index (χ3n) is 4.82. The number of hydrogen-bond donors (Lipinski definition) is 0. The van der Waals surface area contributed by atoms with Crippen molar-refractivity contribution in [3.05, 3.63) is 65.2 Å². The minimum Gasteiger partial charge on any atom is -0.334 e. The van der Waals surface area contributed by atoms with E-state index in [1.807, 2.05) is 32.0 Å². The Morgan fingerprint density at radius 3 is 2.62 bits per heavy atom. The number of anilines is 1. The van der Waals surface area contributed by atoms with Gasteiger partial charge in [-0.25, -0.2) is 4.39 Å². The van der Waals surface area contributed by atoms with Crippen LogP contribution in [0.2, 0.25) is 0 Å². The topological polar surface area (TPSA) is 59.2 Å². The summed E-state index contributed by atoms with van der Waals surface area (Å²) in [6.07, 6.45) is 0.309. The van der Waals surface area contributed by atoms with Gasteiger partial charge in [0.05, 0.1) is 0 Å². The van der Waals surface area contributed by atoms with Crippen LogP contribution in [0, 0.1) is 19.7 Å². The SMILES string of the molecule is Cc1ccc(-c2nc([C@H]3CC(=O)N(c4ccc(F)cc4)C3)no2)cc1C. The molecule has 1 amide bonds. The summed E-state index contributed by atoms with van der Waals surface area (Å²) in [7, 11) is 0. The Labute approximate surface area is 150 Å². The summed E-state index contributed by atoms with van der Waals surface area (Å²) in [6.45, 7) is 4.54. The highest BCUT2D eigenvalue weighted by molar-refractivity contribution is 5.96. The fraction of sp³-hybridized carbons (Fsp3) is 0.250. The molecule has 1 aliphatic rings. The first-order valence-corrected chi connectivity index (χ1v) is 8.48. The van der Waals surface area contributed by atoms with E-state index >= 15 is 0 Å². The van der Waals surface area contributed by atoms with Crippen LogP contribution in [0.4, 0.5) is 10.1 Å². The highest BCUT2D eigenvalue weighted by Crippen LogP contribution is 2.31. The summed E-state index contributed by atoms with van der Waals surface area (Å²) in [5.74, 6) is 0.482. The molecular formula is C20H18FN3O2. The molecule has 5 nitrogen and oxygen atoms in total. The lowest BCUT2D eigenvalue weighted by atomic mass is 10.1. The van der Waals surface area contributed by atoms with Crippen LogP contribution in [-0.2, 0) is 4.79 Å². The molecule has 0 bridgehead atoms. The average molecular weight is 351 g/mol. The molecule has 3 aromatic rings. The molecule has 2 heterocycles. The minimum absolute atomic E-state index is 0.0286. The second-order valence-corrected chi connectivity index (χ2v) is 6.64.